The van der Waals surface area contributed by atoms with E-state index >= 15 is 0 Å². The molecular weight excluding hydrogens is 266 g/mol. The molecule has 0 aliphatic carbocycles. The van der Waals surface area contributed by atoms with Crippen LogP contribution in [0, 0.1) is 0 Å². The molecule has 0 saturated carbocycles. The third-order valence-corrected chi connectivity index (χ3v) is 3.30. The highest BCUT2D eigenvalue weighted by atomic mass is 32.2. The first-order chi connectivity index (χ1) is 8.90. The summed E-state index contributed by atoms with van der Waals surface area (Å²) in [6.07, 6.45) is 2.88. The third kappa shape index (κ3) is 6.93. The predicted octanol–water partition coefficient (Wildman–Crippen LogP) is 0.884. The summed E-state index contributed by atoms with van der Waals surface area (Å²) < 4.78 is 28.8. The summed E-state index contributed by atoms with van der Waals surface area (Å²) in [4.78, 5) is 11.2. The molecule has 0 heterocycles. The molecule has 0 unspecified atom stereocenters. The predicted molar refractivity (Wildman–Crippen MR) is 73.3 cm³/mol. The Morgan fingerprint density at radius 1 is 1.32 bits per heavy atom. The van der Waals surface area contributed by atoms with Crippen LogP contribution in [0.25, 0.3) is 0 Å². The van der Waals surface area contributed by atoms with E-state index in [4.69, 9.17) is 0 Å². The van der Waals surface area contributed by atoms with Crippen molar-refractivity contribution in [1.29, 1.82) is 0 Å². The number of carbonyl (C=O) groups is 1. The molecule has 0 saturated heterocycles. The molecule has 5 nitrogen and oxygen atoms in total. The van der Waals surface area contributed by atoms with Gasteiger partial charge < -0.3 is 4.74 Å². The number of aryl methyl sites for hydroxylation is 1. The molecular formula is C13H19NO4S. The average Bonchev–Trinajstić information content (AvgIpc) is 2.34. The van der Waals surface area contributed by atoms with Crippen molar-refractivity contribution in [1.82, 2.24) is 4.72 Å². The molecule has 1 aromatic rings. The highest BCUT2D eigenvalue weighted by Crippen LogP contribution is 2.08. The van der Waals surface area contributed by atoms with Crippen LogP contribution >= 0.6 is 0 Å². The zero-order valence-electron chi connectivity index (χ0n) is 11.2. The molecule has 106 valence electrons. The fraction of sp³-hybridized carbons (Fsp3) is 0.462. The lowest BCUT2D eigenvalue weighted by Gasteiger charge is -2.05. The number of benzene rings is 1. The number of ether oxygens (including phenoxy) is 1. The van der Waals surface area contributed by atoms with Crippen LogP contribution in [0.4, 0.5) is 0 Å². The Labute approximate surface area is 114 Å². The van der Waals surface area contributed by atoms with Crippen LogP contribution in [-0.2, 0) is 32.4 Å². The van der Waals surface area contributed by atoms with Crippen LogP contribution in [0.3, 0.4) is 0 Å². The molecule has 0 radical (unpaired) electrons. The molecule has 0 aliphatic rings. The van der Waals surface area contributed by atoms with E-state index < -0.39 is 10.0 Å². The summed E-state index contributed by atoms with van der Waals surface area (Å²) in [6, 6.07) is 7.66. The van der Waals surface area contributed by atoms with Crippen molar-refractivity contribution in [2.45, 2.75) is 19.3 Å². The molecule has 0 aromatic heterocycles. The number of carbonyl (C=O) groups excluding carboxylic acids is 1. The molecule has 1 N–H and O–H groups in total. The second-order valence-electron chi connectivity index (χ2n) is 4.34. The summed E-state index contributed by atoms with van der Waals surface area (Å²) in [5.74, 6) is -0.268. The van der Waals surface area contributed by atoms with Gasteiger partial charge in [-0.05, 0) is 24.0 Å². The van der Waals surface area contributed by atoms with Gasteiger partial charge in [0.25, 0.3) is 0 Å². The second kappa shape index (κ2) is 7.25. The largest absolute Gasteiger partial charge is 0.469 e. The Kier molecular flexibility index (Phi) is 5.98. The number of hydrogen-bond donors (Lipinski definition) is 1. The van der Waals surface area contributed by atoms with E-state index in [1.807, 2.05) is 24.3 Å². The van der Waals surface area contributed by atoms with Gasteiger partial charge >= 0.3 is 5.97 Å². The lowest BCUT2D eigenvalue weighted by molar-refractivity contribution is -0.139. The van der Waals surface area contributed by atoms with Crippen molar-refractivity contribution >= 4 is 16.0 Å². The van der Waals surface area contributed by atoms with Crippen LogP contribution < -0.4 is 4.72 Å². The van der Waals surface area contributed by atoms with Gasteiger partial charge in [-0.15, -0.1) is 0 Å². The number of methoxy groups -OCH3 is 1. The molecule has 0 fully saturated rings. The molecule has 0 spiro atoms. The molecule has 0 amide bonds. The second-order valence-corrected chi connectivity index (χ2v) is 6.18. The summed E-state index contributed by atoms with van der Waals surface area (Å²) in [5, 5.41) is 0. The number of hydrogen-bond acceptors (Lipinski definition) is 4. The van der Waals surface area contributed by atoms with Crippen LogP contribution in [0.5, 0.6) is 0 Å². The Morgan fingerprint density at radius 3 is 2.63 bits per heavy atom. The number of rotatable bonds is 7. The van der Waals surface area contributed by atoms with Gasteiger partial charge in [-0.2, -0.15) is 0 Å². The van der Waals surface area contributed by atoms with Crippen molar-refractivity contribution in [3.8, 4) is 0 Å². The van der Waals surface area contributed by atoms with E-state index in [-0.39, 0.29) is 12.4 Å². The molecule has 1 rings (SSSR count). The standard InChI is InChI=1S/C13H19NO4S/c1-18-13(15)10-12-6-3-5-11(9-12)7-4-8-14-19(2,16)17/h3,5-6,9,14H,4,7-8,10H2,1-2H3. The van der Waals surface area contributed by atoms with Gasteiger partial charge in [0.05, 0.1) is 19.8 Å². The summed E-state index contributed by atoms with van der Waals surface area (Å²) >= 11 is 0. The maximum Gasteiger partial charge on any atom is 0.309 e. The SMILES string of the molecule is COC(=O)Cc1cccc(CCCNS(C)(=O)=O)c1. The van der Waals surface area contributed by atoms with Gasteiger partial charge in [0, 0.05) is 6.54 Å². The van der Waals surface area contributed by atoms with Gasteiger partial charge in [0.15, 0.2) is 0 Å². The molecule has 0 atom stereocenters. The van der Waals surface area contributed by atoms with Gasteiger partial charge in [0.2, 0.25) is 10.0 Å². The minimum atomic E-state index is -3.12. The Morgan fingerprint density at radius 2 is 2.00 bits per heavy atom. The van der Waals surface area contributed by atoms with Gasteiger partial charge in [-0.25, -0.2) is 13.1 Å². The first kappa shape index (κ1) is 15.7. The first-order valence-electron chi connectivity index (χ1n) is 6.00. The van der Waals surface area contributed by atoms with Crippen molar-refractivity contribution in [2.24, 2.45) is 0 Å². The summed E-state index contributed by atoms with van der Waals surface area (Å²) in [7, 11) is -1.75. The van der Waals surface area contributed by atoms with E-state index in [1.165, 1.54) is 7.11 Å². The summed E-state index contributed by atoms with van der Waals surface area (Å²) in [6.45, 7) is 0.417. The monoisotopic (exact) mass is 285 g/mol. The highest BCUT2D eigenvalue weighted by Gasteiger charge is 2.04. The topological polar surface area (TPSA) is 72.5 Å². The van der Waals surface area contributed by atoms with E-state index in [1.54, 1.807) is 0 Å². The highest BCUT2D eigenvalue weighted by molar-refractivity contribution is 7.88. The van der Waals surface area contributed by atoms with Crippen molar-refractivity contribution in [2.75, 3.05) is 19.9 Å². The number of esters is 1. The van der Waals surface area contributed by atoms with Gasteiger partial charge in [-0.3, -0.25) is 4.79 Å². The molecule has 19 heavy (non-hydrogen) atoms. The fourth-order valence-corrected chi connectivity index (χ4v) is 2.20. The first-order valence-corrected chi connectivity index (χ1v) is 7.89. The number of sulfonamides is 1. The Hall–Kier alpha value is -1.40. The Bertz CT molecular complexity index is 525. The van der Waals surface area contributed by atoms with E-state index in [0.717, 1.165) is 30.2 Å². The number of nitrogens with one attached hydrogen (secondary N) is 1. The zero-order chi connectivity index (χ0) is 14.3. The van der Waals surface area contributed by atoms with Crippen LogP contribution in [0.2, 0.25) is 0 Å². The molecule has 1 aromatic carbocycles. The minimum Gasteiger partial charge on any atom is -0.469 e. The maximum atomic E-state index is 11.2. The van der Waals surface area contributed by atoms with E-state index in [2.05, 4.69) is 9.46 Å². The van der Waals surface area contributed by atoms with Crippen molar-refractivity contribution in [3.05, 3.63) is 35.4 Å². The van der Waals surface area contributed by atoms with Gasteiger partial charge in [0.1, 0.15) is 0 Å². The van der Waals surface area contributed by atoms with Crippen LogP contribution in [-0.4, -0.2) is 34.3 Å². The molecule has 0 aliphatic heterocycles. The smallest absolute Gasteiger partial charge is 0.309 e. The third-order valence-electron chi connectivity index (χ3n) is 2.57. The van der Waals surface area contributed by atoms with Crippen molar-refractivity contribution < 1.29 is 17.9 Å². The van der Waals surface area contributed by atoms with Crippen LogP contribution in [0.15, 0.2) is 24.3 Å². The lowest BCUT2D eigenvalue weighted by Crippen LogP contribution is -2.23. The zero-order valence-corrected chi connectivity index (χ0v) is 12.0. The average molecular weight is 285 g/mol. The van der Waals surface area contributed by atoms with E-state index in [9.17, 15) is 13.2 Å². The van der Waals surface area contributed by atoms with Gasteiger partial charge in [-0.1, -0.05) is 24.3 Å². The normalized spacial score (nSPS) is 11.3. The quantitative estimate of drug-likeness (QED) is 0.596. The van der Waals surface area contributed by atoms with E-state index in [0.29, 0.717) is 6.54 Å². The Balaban J connectivity index is 2.46. The van der Waals surface area contributed by atoms with Crippen molar-refractivity contribution in [3.63, 3.8) is 0 Å². The molecule has 6 heteroatoms. The lowest BCUT2D eigenvalue weighted by atomic mass is 10.0. The fourth-order valence-electron chi connectivity index (χ4n) is 1.68. The molecule has 0 bridgehead atoms. The maximum absolute atomic E-state index is 11.2. The van der Waals surface area contributed by atoms with Crippen LogP contribution in [0.1, 0.15) is 17.5 Å². The summed E-state index contributed by atoms with van der Waals surface area (Å²) in [5.41, 5.74) is 1.98. The minimum absolute atomic E-state index is 0.256.